The number of anilines is 3. The highest BCUT2D eigenvalue weighted by Gasteiger charge is 2.25. The number of methoxy groups -OCH3 is 2. The van der Waals surface area contributed by atoms with E-state index in [1.807, 2.05) is 0 Å². The van der Waals surface area contributed by atoms with E-state index in [9.17, 15) is 14.4 Å². The summed E-state index contributed by atoms with van der Waals surface area (Å²) in [5, 5.41) is 5.06. The highest BCUT2D eigenvalue weighted by atomic mass is 16.5. The lowest BCUT2D eigenvalue weighted by atomic mass is 10.2. The smallest absolute Gasteiger partial charge is 0.314 e. The van der Waals surface area contributed by atoms with Gasteiger partial charge in [-0.15, -0.1) is 0 Å². The molecule has 2 aromatic carbocycles. The molecule has 28 heavy (non-hydrogen) atoms. The first-order valence-corrected chi connectivity index (χ1v) is 8.77. The summed E-state index contributed by atoms with van der Waals surface area (Å²) in [6, 6.07) is 11.7. The monoisotopic (exact) mass is 383 g/mol. The van der Waals surface area contributed by atoms with Gasteiger partial charge in [-0.1, -0.05) is 12.1 Å². The molecule has 1 saturated heterocycles. The lowest BCUT2D eigenvalue weighted by molar-refractivity contribution is -0.133. The third kappa shape index (κ3) is 4.06. The largest absolute Gasteiger partial charge is 0.495 e. The first kappa shape index (κ1) is 19.2. The highest BCUT2D eigenvalue weighted by Crippen LogP contribution is 2.34. The van der Waals surface area contributed by atoms with Gasteiger partial charge in [-0.3, -0.25) is 14.4 Å². The molecule has 0 radical (unpaired) electrons. The molecule has 146 valence electrons. The van der Waals surface area contributed by atoms with Crippen LogP contribution in [-0.2, 0) is 14.4 Å². The van der Waals surface area contributed by atoms with E-state index in [4.69, 9.17) is 9.47 Å². The van der Waals surface area contributed by atoms with Gasteiger partial charge in [0.1, 0.15) is 11.5 Å². The Morgan fingerprint density at radius 3 is 2.36 bits per heavy atom. The Balaban J connectivity index is 1.74. The van der Waals surface area contributed by atoms with Crippen LogP contribution < -0.4 is 25.0 Å². The molecule has 8 nitrogen and oxygen atoms in total. The van der Waals surface area contributed by atoms with Crippen LogP contribution in [0.2, 0.25) is 0 Å². The molecule has 1 fully saturated rings. The van der Waals surface area contributed by atoms with Gasteiger partial charge in [0.2, 0.25) is 5.91 Å². The Labute approximate surface area is 162 Å². The first-order chi connectivity index (χ1) is 13.5. The van der Waals surface area contributed by atoms with E-state index in [0.29, 0.717) is 41.5 Å². The molecular formula is C20H21N3O5. The number of benzene rings is 2. The van der Waals surface area contributed by atoms with Crippen LogP contribution in [0.3, 0.4) is 0 Å². The zero-order valence-electron chi connectivity index (χ0n) is 15.7. The predicted molar refractivity (Wildman–Crippen MR) is 105 cm³/mol. The second-order valence-electron chi connectivity index (χ2n) is 6.14. The SMILES string of the molecule is COc1ccccc1NC(=O)C(=O)Nc1ccc(OC)c(N2CCCC2=O)c1. The van der Waals surface area contributed by atoms with Gasteiger partial charge in [0.15, 0.2) is 0 Å². The summed E-state index contributed by atoms with van der Waals surface area (Å²) in [5.74, 6) is -0.709. The average molecular weight is 383 g/mol. The minimum atomic E-state index is -0.838. The zero-order chi connectivity index (χ0) is 20.1. The van der Waals surface area contributed by atoms with Gasteiger partial charge in [0.25, 0.3) is 0 Å². The number of hydrogen-bond donors (Lipinski definition) is 2. The molecule has 0 bridgehead atoms. The minimum Gasteiger partial charge on any atom is -0.495 e. The predicted octanol–water partition coefficient (Wildman–Crippen LogP) is 2.41. The summed E-state index contributed by atoms with van der Waals surface area (Å²) in [5.41, 5.74) is 1.34. The normalized spacial score (nSPS) is 13.2. The van der Waals surface area contributed by atoms with E-state index < -0.39 is 11.8 Å². The van der Waals surface area contributed by atoms with Crippen LogP contribution in [0.15, 0.2) is 42.5 Å². The first-order valence-electron chi connectivity index (χ1n) is 8.77. The number of ether oxygens (including phenoxy) is 2. The van der Waals surface area contributed by atoms with E-state index in [2.05, 4.69) is 10.6 Å². The minimum absolute atomic E-state index is 0.00399. The molecule has 0 aliphatic carbocycles. The molecule has 0 unspecified atom stereocenters. The van der Waals surface area contributed by atoms with Crippen molar-refractivity contribution in [2.24, 2.45) is 0 Å². The Morgan fingerprint density at radius 2 is 1.68 bits per heavy atom. The standard InChI is InChI=1S/C20H21N3O5/c1-27-16-7-4-3-6-14(16)22-20(26)19(25)21-13-9-10-17(28-2)15(12-13)23-11-5-8-18(23)24/h3-4,6-7,9-10,12H,5,8,11H2,1-2H3,(H,21,25)(H,22,26). The Kier molecular flexibility index (Phi) is 5.78. The topological polar surface area (TPSA) is 97.0 Å². The van der Waals surface area contributed by atoms with E-state index in [0.717, 1.165) is 6.42 Å². The highest BCUT2D eigenvalue weighted by molar-refractivity contribution is 6.43. The van der Waals surface area contributed by atoms with E-state index in [1.54, 1.807) is 47.4 Å². The van der Waals surface area contributed by atoms with Crippen LogP contribution in [0, 0.1) is 0 Å². The third-order valence-electron chi connectivity index (χ3n) is 4.36. The van der Waals surface area contributed by atoms with Crippen LogP contribution in [-0.4, -0.2) is 38.5 Å². The van der Waals surface area contributed by atoms with Crippen molar-refractivity contribution in [2.75, 3.05) is 36.3 Å². The maximum atomic E-state index is 12.3. The molecule has 1 aliphatic heterocycles. The van der Waals surface area contributed by atoms with Gasteiger partial charge < -0.3 is 25.0 Å². The number of nitrogens with zero attached hydrogens (tertiary/aromatic N) is 1. The summed E-state index contributed by atoms with van der Waals surface area (Å²) >= 11 is 0. The molecule has 0 saturated carbocycles. The summed E-state index contributed by atoms with van der Waals surface area (Å²) in [7, 11) is 2.99. The van der Waals surface area contributed by atoms with E-state index in [-0.39, 0.29) is 5.91 Å². The summed E-state index contributed by atoms with van der Waals surface area (Å²) in [6.45, 7) is 0.584. The second kappa shape index (κ2) is 8.43. The molecule has 3 rings (SSSR count). The quantitative estimate of drug-likeness (QED) is 0.773. The fourth-order valence-electron chi connectivity index (χ4n) is 3.00. The Bertz CT molecular complexity index is 912. The molecule has 0 spiro atoms. The van der Waals surface area contributed by atoms with Gasteiger partial charge in [-0.05, 0) is 36.8 Å². The maximum absolute atomic E-state index is 12.3. The third-order valence-corrected chi connectivity index (χ3v) is 4.36. The van der Waals surface area contributed by atoms with Crippen LogP contribution in [0.1, 0.15) is 12.8 Å². The van der Waals surface area contributed by atoms with Crippen molar-refractivity contribution in [1.29, 1.82) is 0 Å². The fourth-order valence-corrected chi connectivity index (χ4v) is 3.00. The number of carbonyl (C=O) groups excluding carboxylic acids is 3. The summed E-state index contributed by atoms with van der Waals surface area (Å²) in [6.07, 6.45) is 1.24. The van der Waals surface area contributed by atoms with Crippen molar-refractivity contribution < 1.29 is 23.9 Å². The van der Waals surface area contributed by atoms with Crippen molar-refractivity contribution in [3.05, 3.63) is 42.5 Å². The summed E-state index contributed by atoms with van der Waals surface area (Å²) < 4.78 is 10.5. The Morgan fingerprint density at radius 1 is 0.964 bits per heavy atom. The molecule has 2 N–H and O–H groups in total. The maximum Gasteiger partial charge on any atom is 0.314 e. The number of amides is 3. The molecule has 8 heteroatoms. The summed E-state index contributed by atoms with van der Waals surface area (Å²) in [4.78, 5) is 38.2. The lowest BCUT2D eigenvalue weighted by Gasteiger charge is -2.20. The van der Waals surface area contributed by atoms with Crippen LogP contribution >= 0.6 is 0 Å². The molecular weight excluding hydrogens is 362 g/mol. The molecule has 2 aromatic rings. The Hall–Kier alpha value is -3.55. The number of rotatable bonds is 5. The molecule has 1 heterocycles. The van der Waals surface area contributed by atoms with Gasteiger partial charge in [0, 0.05) is 18.7 Å². The van der Waals surface area contributed by atoms with Crippen molar-refractivity contribution in [3.63, 3.8) is 0 Å². The number of hydrogen-bond acceptors (Lipinski definition) is 5. The van der Waals surface area contributed by atoms with Crippen LogP contribution in [0.5, 0.6) is 11.5 Å². The van der Waals surface area contributed by atoms with Gasteiger partial charge in [-0.25, -0.2) is 0 Å². The second-order valence-corrected chi connectivity index (χ2v) is 6.14. The van der Waals surface area contributed by atoms with Gasteiger partial charge in [0.05, 0.1) is 25.6 Å². The van der Waals surface area contributed by atoms with Crippen molar-refractivity contribution in [3.8, 4) is 11.5 Å². The van der Waals surface area contributed by atoms with Gasteiger partial charge in [-0.2, -0.15) is 0 Å². The molecule has 0 aromatic heterocycles. The van der Waals surface area contributed by atoms with Crippen molar-refractivity contribution in [2.45, 2.75) is 12.8 Å². The zero-order valence-corrected chi connectivity index (χ0v) is 15.7. The van der Waals surface area contributed by atoms with Crippen molar-refractivity contribution >= 4 is 34.8 Å². The van der Waals surface area contributed by atoms with Crippen molar-refractivity contribution in [1.82, 2.24) is 0 Å². The average Bonchev–Trinajstić information content (AvgIpc) is 3.14. The van der Waals surface area contributed by atoms with Gasteiger partial charge >= 0.3 is 11.8 Å². The lowest BCUT2D eigenvalue weighted by Crippen LogP contribution is -2.29. The molecule has 3 amide bonds. The molecule has 1 aliphatic rings. The van der Waals surface area contributed by atoms with Crippen LogP contribution in [0.25, 0.3) is 0 Å². The number of para-hydroxylation sites is 2. The van der Waals surface area contributed by atoms with E-state index in [1.165, 1.54) is 14.2 Å². The van der Waals surface area contributed by atoms with Crippen LogP contribution in [0.4, 0.5) is 17.1 Å². The number of carbonyl (C=O) groups is 3. The fraction of sp³-hybridized carbons (Fsp3) is 0.250. The number of nitrogens with one attached hydrogen (secondary N) is 2. The molecule has 0 atom stereocenters. The van der Waals surface area contributed by atoms with E-state index >= 15 is 0 Å².